The Bertz CT molecular complexity index is 1620. The van der Waals surface area contributed by atoms with Crippen LogP contribution in [0.2, 0.25) is 0 Å². The molecule has 0 bridgehead atoms. The van der Waals surface area contributed by atoms with Crippen molar-refractivity contribution in [1.29, 1.82) is 0 Å². The number of carbonyl (C=O) groups is 2. The van der Waals surface area contributed by atoms with Crippen LogP contribution in [-0.4, -0.2) is 43.4 Å². The van der Waals surface area contributed by atoms with E-state index in [1.165, 1.54) is 0 Å². The topological polar surface area (TPSA) is 81.1 Å². The average molecular weight is 623 g/mol. The van der Waals surface area contributed by atoms with E-state index in [1.807, 2.05) is 38.1 Å². The van der Waals surface area contributed by atoms with Gasteiger partial charge in [0.2, 0.25) is 0 Å². The Labute approximate surface area is 275 Å². The molecule has 0 heterocycles. The number of amides is 2. The van der Waals surface area contributed by atoms with Gasteiger partial charge in [-0.25, -0.2) is 10.1 Å². The van der Waals surface area contributed by atoms with Crippen molar-refractivity contribution < 1.29 is 20.0 Å². The standard InChI is InChI=1S/C40H50N2O4/c1-23(2)27-15-13-25(5)35-29(21-33(31(35)19-27)37(43)41(45)39(7,8)9)17-18-30-22-34(38(44)42(46)40(10,11)12)32-20-28(24(3)4)16-14-26(6)36(30)32/h13-24,45-46H,1-12H3/b18-17+. The third-order valence-electron chi connectivity index (χ3n) is 8.65. The van der Waals surface area contributed by atoms with Crippen molar-refractivity contribution in [3.63, 3.8) is 0 Å². The first-order valence-corrected chi connectivity index (χ1v) is 16.1. The van der Waals surface area contributed by atoms with Gasteiger partial charge < -0.3 is 0 Å². The van der Waals surface area contributed by atoms with Gasteiger partial charge in [0.1, 0.15) is 0 Å². The van der Waals surface area contributed by atoms with Crippen molar-refractivity contribution in [2.75, 3.05) is 0 Å². The highest BCUT2D eigenvalue weighted by molar-refractivity contribution is 6.07. The van der Waals surface area contributed by atoms with Crippen molar-refractivity contribution in [3.8, 4) is 22.3 Å². The zero-order valence-corrected chi connectivity index (χ0v) is 29.5. The van der Waals surface area contributed by atoms with Crippen molar-refractivity contribution in [2.24, 2.45) is 0 Å². The van der Waals surface area contributed by atoms with Crippen LogP contribution >= 0.6 is 0 Å². The van der Waals surface area contributed by atoms with Crippen LogP contribution in [0.3, 0.4) is 0 Å². The van der Waals surface area contributed by atoms with Gasteiger partial charge in [0.15, 0.2) is 0 Å². The van der Waals surface area contributed by atoms with Gasteiger partial charge in [-0.2, -0.15) is 0 Å². The van der Waals surface area contributed by atoms with Crippen molar-refractivity contribution >= 4 is 24.0 Å². The molecule has 46 heavy (non-hydrogen) atoms. The summed E-state index contributed by atoms with van der Waals surface area (Å²) < 4.78 is 0. The van der Waals surface area contributed by atoms with Gasteiger partial charge in [0.05, 0.1) is 22.2 Å². The van der Waals surface area contributed by atoms with Gasteiger partial charge >= 0.3 is 0 Å². The first kappa shape index (κ1) is 34.9. The Morgan fingerprint density at radius 2 is 0.935 bits per heavy atom. The van der Waals surface area contributed by atoms with E-state index in [-0.39, 0.29) is 11.8 Å². The van der Waals surface area contributed by atoms with Gasteiger partial charge in [-0.05, 0) is 135 Å². The predicted molar refractivity (Wildman–Crippen MR) is 188 cm³/mol. The fourth-order valence-corrected chi connectivity index (χ4v) is 5.76. The second-order valence-corrected chi connectivity index (χ2v) is 15.1. The molecule has 6 nitrogen and oxygen atoms in total. The smallest absolute Gasteiger partial charge is 0.278 e. The van der Waals surface area contributed by atoms with Crippen LogP contribution in [0.15, 0.2) is 48.5 Å². The maximum absolute atomic E-state index is 13.7. The number of hydrogen-bond acceptors (Lipinski definition) is 4. The lowest BCUT2D eigenvalue weighted by atomic mass is 9.98. The molecule has 4 rings (SSSR count). The molecule has 0 spiro atoms. The highest BCUT2D eigenvalue weighted by Gasteiger charge is 2.32. The number of hydroxylamine groups is 4. The molecule has 0 unspecified atom stereocenters. The van der Waals surface area contributed by atoms with Crippen LogP contribution < -0.4 is 0 Å². The monoisotopic (exact) mass is 622 g/mol. The quantitative estimate of drug-likeness (QED) is 0.166. The second kappa shape index (κ2) is 12.7. The first-order valence-electron chi connectivity index (χ1n) is 16.1. The van der Waals surface area contributed by atoms with Crippen LogP contribution in [0.5, 0.6) is 0 Å². The van der Waals surface area contributed by atoms with Crippen LogP contribution in [0.25, 0.3) is 34.4 Å². The molecule has 0 aromatic carbocycles. The number of fused-ring (bicyclic) bond motifs is 2. The molecule has 4 aliphatic rings. The Hall–Kier alpha value is -4.00. The number of hydrogen-bond donors (Lipinski definition) is 2. The van der Waals surface area contributed by atoms with E-state index in [2.05, 4.69) is 64.1 Å². The Morgan fingerprint density at radius 1 is 0.609 bits per heavy atom. The second-order valence-electron chi connectivity index (χ2n) is 15.1. The van der Waals surface area contributed by atoms with E-state index in [4.69, 9.17) is 0 Å². The molecular weight excluding hydrogens is 572 g/mol. The average Bonchev–Trinajstić information content (AvgIpc) is 3.37. The molecule has 6 heteroatoms. The van der Waals surface area contributed by atoms with Gasteiger partial charge in [-0.15, -0.1) is 0 Å². The minimum Gasteiger partial charge on any atom is -0.285 e. The molecule has 0 aliphatic heterocycles. The zero-order valence-electron chi connectivity index (χ0n) is 29.5. The number of rotatable bonds is 6. The van der Waals surface area contributed by atoms with Crippen molar-refractivity contribution in [3.05, 3.63) is 93.0 Å². The lowest BCUT2D eigenvalue weighted by molar-refractivity contribution is -0.114. The highest BCUT2D eigenvalue weighted by Crippen LogP contribution is 2.41. The molecule has 0 saturated carbocycles. The molecule has 244 valence electrons. The molecule has 0 atom stereocenters. The summed E-state index contributed by atoms with van der Waals surface area (Å²) in [6, 6.07) is 16.2. The summed E-state index contributed by atoms with van der Waals surface area (Å²) in [6.45, 7) is 23.3. The van der Waals surface area contributed by atoms with Gasteiger partial charge in [-0.3, -0.25) is 20.0 Å². The third-order valence-corrected chi connectivity index (χ3v) is 8.65. The molecule has 0 aromatic heterocycles. The maximum Gasteiger partial charge on any atom is 0.278 e. The summed E-state index contributed by atoms with van der Waals surface area (Å²) >= 11 is 0. The maximum atomic E-state index is 13.7. The summed E-state index contributed by atoms with van der Waals surface area (Å²) in [5.41, 5.74) is 8.61. The first-order chi connectivity index (χ1) is 21.2. The molecule has 2 N–H and O–H groups in total. The fraction of sp³-hybridized carbons (Fsp3) is 0.400. The summed E-state index contributed by atoms with van der Waals surface area (Å²) in [7, 11) is 0. The number of nitrogens with zero attached hydrogens (tertiary/aromatic N) is 2. The van der Waals surface area contributed by atoms with Crippen LogP contribution in [0, 0.1) is 13.8 Å². The van der Waals surface area contributed by atoms with Crippen LogP contribution in [0.1, 0.15) is 135 Å². The molecule has 0 radical (unpaired) electrons. The molecule has 2 amide bonds. The molecule has 4 aliphatic carbocycles. The number of carbonyl (C=O) groups excluding carboxylic acids is 2. The van der Waals surface area contributed by atoms with E-state index in [9.17, 15) is 20.0 Å². The van der Waals surface area contributed by atoms with E-state index in [0.717, 1.165) is 65.8 Å². The van der Waals surface area contributed by atoms with E-state index < -0.39 is 22.9 Å². The Morgan fingerprint density at radius 3 is 1.22 bits per heavy atom. The Balaban J connectivity index is 1.97. The summed E-state index contributed by atoms with van der Waals surface area (Å²) in [5, 5.41) is 23.4. The highest BCUT2D eigenvalue weighted by atomic mass is 16.5. The molecule has 0 fully saturated rings. The molecule has 0 aromatic rings. The predicted octanol–water partition coefficient (Wildman–Crippen LogP) is 10.2. The summed E-state index contributed by atoms with van der Waals surface area (Å²) in [4.78, 5) is 27.5. The molecular formula is C40H50N2O4. The third kappa shape index (κ3) is 6.74. The minimum atomic E-state index is -0.781. The van der Waals surface area contributed by atoms with Gasteiger partial charge in [0.25, 0.3) is 11.8 Å². The van der Waals surface area contributed by atoms with Crippen molar-refractivity contribution in [1.82, 2.24) is 10.1 Å². The fourth-order valence-electron chi connectivity index (χ4n) is 5.76. The van der Waals surface area contributed by atoms with Gasteiger partial charge in [-0.1, -0.05) is 76.2 Å². The van der Waals surface area contributed by atoms with E-state index in [0.29, 0.717) is 11.1 Å². The van der Waals surface area contributed by atoms with E-state index in [1.54, 1.807) is 41.5 Å². The normalized spacial score (nSPS) is 12.6. The zero-order chi connectivity index (χ0) is 34.5. The van der Waals surface area contributed by atoms with Crippen molar-refractivity contribution in [2.45, 2.75) is 106 Å². The SMILES string of the molecule is Cc1ccc(C(C)C)cc2c(C(=O)N(O)C(C)(C)C)cc(/C=C/c3cc(C(=O)N(O)C(C)(C)C)c4cc(C(C)C)ccc(C)c3-4)c1-2. The van der Waals surface area contributed by atoms with Crippen LogP contribution in [-0.2, 0) is 0 Å². The number of aryl methyl sites for hydroxylation is 2. The molecule has 0 saturated heterocycles. The lowest BCUT2D eigenvalue weighted by Gasteiger charge is -2.29. The van der Waals surface area contributed by atoms with Gasteiger partial charge in [0, 0.05) is 0 Å². The van der Waals surface area contributed by atoms with Crippen LogP contribution in [0.4, 0.5) is 0 Å². The lowest BCUT2D eigenvalue weighted by Crippen LogP contribution is -2.43. The summed E-state index contributed by atoms with van der Waals surface area (Å²) in [6.07, 6.45) is 3.97. The minimum absolute atomic E-state index is 0.241. The Kier molecular flexibility index (Phi) is 9.59. The summed E-state index contributed by atoms with van der Waals surface area (Å²) in [5.74, 6) is -0.438. The van der Waals surface area contributed by atoms with E-state index >= 15 is 0 Å². The largest absolute Gasteiger partial charge is 0.285 e.